The molecule has 76 valence electrons. The second-order valence-corrected chi connectivity index (χ2v) is 4.70. The zero-order valence-corrected chi connectivity index (χ0v) is 9.48. The molecule has 0 spiro atoms. The van der Waals surface area contributed by atoms with E-state index in [1.807, 2.05) is 0 Å². The maximum Gasteiger partial charge on any atom is 0.124 e. The number of hydrogen-bond acceptors (Lipinski definition) is 1. The van der Waals surface area contributed by atoms with Crippen LogP contribution in [0.25, 0.3) is 0 Å². The standard InChI is InChI=1S/C13H18O/c1-9-7-11(13(3)5-6-13)8-10(2)12(9)14-4/h7-8H,5-6H2,1-4H3. The summed E-state index contributed by atoms with van der Waals surface area (Å²) in [5.41, 5.74) is 4.46. The first-order chi connectivity index (χ1) is 6.57. The Morgan fingerprint density at radius 2 is 1.64 bits per heavy atom. The van der Waals surface area contributed by atoms with Crippen LogP contribution >= 0.6 is 0 Å². The predicted octanol–water partition coefficient (Wildman–Crippen LogP) is 3.36. The molecular weight excluding hydrogens is 172 g/mol. The van der Waals surface area contributed by atoms with E-state index in [0.29, 0.717) is 5.41 Å². The average molecular weight is 190 g/mol. The van der Waals surface area contributed by atoms with E-state index >= 15 is 0 Å². The first kappa shape index (κ1) is 9.57. The fraction of sp³-hybridized carbons (Fsp3) is 0.538. The minimum absolute atomic E-state index is 0.460. The molecule has 1 heteroatoms. The minimum Gasteiger partial charge on any atom is -0.496 e. The van der Waals surface area contributed by atoms with Gasteiger partial charge in [-0.3, -0.25) is 0 Å². The summed E-state index contributed by atoms with van der Waals surface area (Å²) >= 11 is 0. The second kappa shape index (κ2) is 3.01. The van der Waals surface area contributed by atoms with Crippen molar-refractivity contribution in [3.8, 4) is 5.75 Å². The number of aryl methyl sites for hydroxylation is 2. The number of hydrogen-bond donors (Lipinski definition) is 0. The van der Waals surface area contributed by atoms with Crippen LogP contribution < -0.4 is 4.74 Å². The smallest absolute Gasteiger partial charge is 0.124 e. The average Bonchev–Trinajstić information content (AvgIpc) is 2.84. The third kappa shape index (κ3) is 1.41. The topological polar surface area (TPSA) is 9.23 Å². The molecule has 2 rings (SSSR count). The van der Waals surface area contributed by atoms with Gasteiger partial charge in [-0.2, -0.15) is 0 Å². The van der Waals surface area contributed by atoms with Gasteiger partial charge in [-0.1, -0.05) is 19.1 Å². The molecule has 1 saturated carbocycles. The Morgan fingerprint density at radius 3 is 2.00 bits per heavy atom. The third-order valence-electron chi connectivity index (χ3n) is 3.36. The molecule has 1 aliphatic carbocycles. The highest BCUT2D eigenvalue weighted by molar-refractivity contribution is 5.46. The van der Waals surface area contributed by atoms with E-state index < -0.39 is 0 Å². The highest BCUT2D eigenvalue weighted by Crippen LogP contribution is 2.48. The molecule has 1 nitrogen and oxygen atoms in total. The number of ether oxygens (including phenoxy) is 1. The van der Waals surface area contributed by atoms with Crippen LogP contribution in [0.5, 0.6) is 5.75 Å². The maximum atomic E-state index is 5.36. The minimum atomic E-state index is 0.460. The molecule has 0 N–H and O–H groups in total. The van der Waals surface area contributed by atoms with Gasteiger partial charge in [-0.25, -0.2) is 0 Å². The van der Waals surface area contributed by atoms with Gasteiger partial charge >= 0.3 is 0 Å². The van der Waals surface area contributed by atoms with Crippen molar-refractivity contribution >= 4 is 0 Å². The summed E-state index contributed by atoms with van der Waals surface area (Å²) in [6, 6.07) is 4.55. The molecule has 0 amide bonds. The molecule has 1 aromatic rings. The lowest BCUT2D eigenvalue weighted by atomic mass is 9.94. The van der Waals surface area contributed by atoms with Crippen molar-refractivity contribution in [1.29, 1.82) is 0 Å². The van der Waals surface area contributed by atoms with Crippen LogP contribution in [0, 0.1) is 13.8 Å². The number of benzene rings is 1. The normalized spacial score (nSPS) is 18.0. The molecule has 0 aliphatic heterocycles. The van der Waals surface area contributed by atoms with Crippen molar-refractivity contribution in [1.82, 2.24) is 0 Å². The Morgan fingerprint density at radius 1 is 1.14 bits per heavy atom. The van der Waals surface area contributed by atoms with Gasteiger partial charge in [0, 0.05) is 0 Å². The first-order valence-corrected chi connectivity index (χ1v) is 5.22. The zero-order chi connectivity index (χ0) is 10.3. The fourth-order valence-electron chi connectivity index (χ4n) is 2.10. The van der Waals surface area contributed by atoms with Crippen molar-refractivity contribution in [2.45, 2.75) is 39.0 Å². The van der Waals surface area contributed by atoms with E-state index in [2.05, 4.69) is 32.9 Å². The number of methoxy groups -OCH3 is 1. The first-order valence-electron chi connectivity index (χ1n) is 5.22. The van der Waals surface area contributed by atoms with E-state index in [9.17, 15) is 0 Å². The van der Waals surface area contributed by atoms with Crippen LogP contribution in [-0.4, -0.2) is 7.11 Å². The maximum absolute atomic E-state index is 5.36. The van der Waals surface area contributed by atoms with Crippen molar-refractivity contribution in [2.24, 2.45) is 0 Å². The quantitative estimate of drug-likeness (QED) is 0.694. The summed E-state index contributed by atoms with van der Waals surface area (Å²) in [6.07, 6.45) is 2.66. The lowest BCUT2D eigenvalue weighted by molar-refractivity contribution is 0.408. The van der Waals surface area contributed by atoms with Crippen LogP contribution in [0.15, 0.2) is 12.1 Å². The summed E-state index contributed by atoms with van der Waals surface area (Å²) in [5, 5.41) is 0. The van der Waals surface area contributed by atoms with Gasteiger partial charge in [-0.05, 0) is 48.8 Å². The predicted molar refractivity (Wildman–Crippen MR) is 59.1 cm³/mol. The van der Waals surface area contributed by atoms with Crippen molar-refractivity contribution in [3.05, 3.63) is 28.8 Å². The van der Waals surface area contributed by atoms with Crippen LogP contribution in [0.4, 0.5) is 0 Å². The third-order valence-corrected chi connectivity index (χ3v) is 3.36. The Hall–Kier alpha value is -0.980. The van der Waals surface area contributed by atoms with E-state index in [1.165, 1.54) is 29.5 Å². The van der Waals surface area contributed by atoms with Crippen molar-refractivity contribution in [3.63, 3.8) is 0 Å². The van der Waals surface area contributed by atoms with Gasteiger partial charge in [0.15, 0.2) is 0 Å². The molecule has 1 aliphatic rings. The second-order valence-electron chi connectivity index (χ2n) is 4.70. The monoisotopic (exact) mass is 190 g/mol. The summed E-state index contributed by atoms with van der Waals surface area (Å²) in [7, 11) is 1.74. The van der Waals surface area contributed by atoms with Crippen LogP contribution in [-0.2, 0) is 5.41 Å². The molecule has 0 heterocycles. The van der Waals surface area contributed by atoms with Crippen molar-refractivity contribution in [2.75, 3.05) is 7.11 Å². The Labute approximate surface area is 86.1 Å². The highest BCUT2D eigenvalue weighted by Gasteiger charge is 2.39. The van der Waals surface area contributed by atoms with Crippen molar-refractivity contribution < 1.29 is 4.74 Å². The molecular formula is C13H18O. The molecule has 0 saturated heterocycles. The SMILES string of the molecule is COc1c(C)cc(C2(C)CC2)cc1C. The van der Waals surface area contributed by atoms with E-state index in [4.69, 9.17) is 4.74 Å². The molecule has 0 atom stereocenters. The molecule has 0 radical (unpaired) electrons. The van der Waals surface area contributed by atoms with Gasteiger partial charge in [0.05, 0.1) is 7.11 Å². The number of rotatable bonds is 2. The van der Waals surface area contributed by atoms with Crippen LogP contribution in [0.2, 0.25) is 0 Å². The summed E-state index contributed by atoms with van der Waals surface area (Å²) in [4.78, 5) is 0. The zero-order valence-electron chi connectivity index (χ0n) is 9.48. The Bertz CT molecular complexity index is 338. The van der Waals surface area contributed by atoms with Gasteiger partial charge in [0.2, 0.25) is 0 Å². The fourth-order valence-corrected chi connectivity index (χ4v) is 2.10. The van der Waals surface area contributed by atoms with E-state index in [-0.39, 0.29) is 0 Å². The largest absolute Gasteiger partial charge is 0.496 e. The summed E-state index contributed by atoms with van der Waals surface area (Å²) in [5.74, 6) is 1.04. The molecule has 1 fully saturated rings. The lowest BCUT2D eigenvalue weighted by Crippen LogP contribution is -2.02. The summed E-state index contributed by atoms with van der Waals surface area (Å²) in [6.45, 7) is 6.59. The lowest BCUT2D eigenvalue weighted by Gasteiger charge is -2.15. The Balaban J connectivity index is 2.47. The van der Waals surface area contributed by atoms with Crippen LogP contribution in [0.3, 0.4) is 0 Å². The molecule has 0 unspecified atom stereocenters. The van der Waals surface area contributed by atoms with Gasteiger partial charge in [0.25, 0.3) is 0 Å². The Kier molecular flexibility index (Phi) is 2.06. The van der Waals surface area contributed by atoms with Crippen LogP contribution in [0.1, 0.15) is 36.5 Å². The molecule has 0 bridgehead atoms. The highest BCUT2D eigenvalue weighted by atomic mass is 16.5. The summed E-state index contributed by atoms with van der Waals surface area (Å²) < 4.78 is 5.36. The van der Waals surface area contributed by atoms with E-state index in [1.54, 1.807) is 7.11 Å². The molecule has 14 heavy (non-hydrogen) atoms. The van der Waals surface area contributed by atoms with Gasteiger partial charge < -0.3 is 4.74 Å². The van der Waals surface area contributed by atoms with E-state index in [0.717, 1.165) is 5.75 Å². The molecule has 1 aromatic carbocycles. The van der Waals surface area contributed by atoms with Gasteiger partial charge in [-0.15, -0.1) is 0 Å². The van der Waals surface area contributed by atoms with Gasteiger partial charge in [0.1, 0.15) is 5.75 Å². The molecule has 0 aromatic heterocycles.